The van der Waals surface area contributed by atoms with E-state index >= 15 is 0 Å². The van der Waals surface area contributed by atoms with E-state index in [9.17, 15) is 0 Å². The fourth-order valence-corrected chi connectivity index (χ4v) is 1.32. The van der Waals surface area contributed by atoms with Gasteiger partial charge in [-0.15, -0.1) is 5.10 Å². The van der Waals surface area contributed by atoms with Crippen LogP contribution >= 0.6 is 0 Å². The summed E-state index contributed by atoms with van der Waals surface area (Å²) in [7, 11) is 1.87. The molecule has 0 aromatic carbocycles. The monoisotopic (exact) mass is 192 g/mol. The highest BCUT2D eigenvalue weighted by atomic mass is 15.4. The molecule has 0 unspecified atom stereocenters. The van der Waals surface area contributed by atoms with Crippen molar-refractivity contribution < 1.29 is 0 Å². The third-order valence-corrected chi connectivity index (χ3v) is 1.98. The van der Waals surface area contributed by atoms with E-state index in [1.165, 1.54) is 0 Å². The van der Waals surface area contributed by atoms with Crippen molar-refractivity contribution in [1.82, 2.24) is 24.8 Å². The average Bonchev–Trinajstić information content (AvgIpc) is 2.71. The number of aromatic nitrogens is 5. The molecule has 0 aliphatic rings. The lowest BCUT2D eigenvalue weighted by atomic mass is 10.4. The molecule has 2 N–H and O–H groups in total. The van der Waals surface area contributed by atoms with E-state index < -0.39 is 0 Å². The Balaban J connectivity index is 2.43. The summed E-state index contributed by atoms with van der Waals surface area (Å²) in [5.74, 6) is 0. The maximum absolute atomic E-state index is 5.45. The molecule has 74 valence electrons. The first-order valence-electron chi connectivity index (χ1n) is 4.32. The van der Waals surface area contributed by atoms with E-state index in [4.69, 9.17) is 5.73 Å². The summed E-state index contributed by atoms with van der Waals surface area (Å²) >= 11 is 0. The highest BCUT2D eigenvalue weighted by Crippen LogP contribution is 2.09. The fraction of sp³-hybridized carbons (Fsp3) is 0.375. The number of nitrogens with two attached hydrogens (primary N) is 1. The number of hydrogen-bond acceptors (Lipinski definition) is 4. The molecule has 0 amide bonds. The van der Waals surface area contributed by atoms with Crippen LogP contribution in [0.5, 0.6) is 0 Å². The van der Waals surface area contributed by atoms with Crippen molar-refractivity contribution in [3.8, 4) is 5.69 Å². The Kier molecular flexibility index (Phi) is 2.05. The molecule has 0 spiro atoms. The zero-order valence-corrected chi connectivity index (χ0v) is 8.18. The predicted octanol–water partition coefficient (Wildman–Crippen LogP) is -0.232. The zero-order valence-electron chi connectivity index (χ0n) is 8.18. The standard InChI is InChI=1S/C8H12N6/c1-6-8(5-13(2)11-6)14-4-7(3-9)10-12-14/h4-5H,3,9H2,1-2H3. The van der Waals surface area contributed by atoms with Gasteiger partial charge in [0.1, 0.15) is 5.69 Å². The summed E-state index contributed by atoms with van der Waals surface area (Å²) in [5, 5.41) is 12.1. The second-order valence-corrected chi connectivity index (χ2v) is 3.13. The first-order chi connectivity index (χ1) is 6.70. The van der Waals surface area contributed by atoms with Gasteiger partial charge in [-0.25, -0.2) is 4.68 Å². The highest BCUT2D eigenvalue weighted by molar-refractivity contribution is 5.32. The Labute approximate surface area is 81.3 Å². The molecule has 2 heterocycles. The lowest BCUT2D eigenvalue weighted by Crippen LogP contribution is -1.96. The summed E-state index contributed by atoms with van der Waals surface area (Å²) in [6, 6.07) is 0. The molecule has 2 aromatic rings. The van der Waals surface area contributed by atoms with Crippen molar-refractivity contribution >= 4 is 0 Å². The third-order valence-electron chi connectivity index (χ3n) is 1.98. The topological polar surface area (TPSA) is 74.5 Å². The third kappa shape index (κ3) is 1.39. The average molecular weight is 192 g/mol. The Morgan fingerprint density at radius 2 is 2.21 bits per heavy atom. The van der Waals surface area contributed by atoms with E-state index in [0.29, 0.717) is 6.54 Å². The molecule has 2 aromatic heterocycles. The van der Waals surface area contributed by atoms with Gasteiger partial charge in [0.05, 0.1) is 23.8 Å². The van der Waals surface area contributed by atoms with Crippen LogP contribution < -0.4 is 5.73 Å². The van der Waals surface area contributed by atoms with Gasteiger partial charge in [-0.3, -0.25) is 4.68 Å². The quantitative estimate of drug-likeness (QED) is 0.713. The van der Waals surface area contributed by atoms with E-state index in [0.717, 1.165) is 17.1 Å². The molecule has 0 bridgehead atoms. The van der Waals surface area contributed by atoms with Gasteiger partial charge in [0.2, 0.25) is 0 Å². The predicted molar refractivity (Wildman–Crippen MR) is 50.8 cm³/mol. The number of aryl methyl sites for hydroxylation is 2. The molecule has 14 heavy (non-hydrogen) atoms. The molecule has 6 nitrogen and oxygen atoms in total. The summed E-state index contributed by atoms with van der Waals surface area (Å²) in [4.78, 5) is 0. The highest BCUT2D eigenvalue weighted by Gasteiger charge is 2.07. The van der Waals surface area contributed by atoms with Gasteiger partial charge in [0.15, 0.2) is 0 Å². The van der Waals surface area contributed by atoms with Gasteiger partial charge in [0, 0.05) is 13.6 Å². The van der Waals surface area contributed by atoms with Crippen molar-refractivity contribution in [2.24, 2.45) is 12.8 Å². The molecular formula is C8H12N6. The molecule has 2 rings (SSSR count). The Hall–Kier alpha value is -1.69. The van der Waals surface area contributed by atoms with Crippen LogP contribution in [0.2, 0.25) is 0 Å². The maximum Gasteiger partial charge on any atom is 0.107 e. The van der Waals surface area contributed by atoms with Crippen LogP contribution in [-0.4, -0.2) is 24.8 Å². The van der Waals surface area contributed by atoms with Gasteiger partial charge in [-0.05, 0) is 6.92 Å². The van der Waals surface area contributed by atoms with Crippen molar-refractivity contribution in [3.63, 3.8) is 0 Å². The van der Waals surface area contributed by atoms with Crippen molar-refractivity contribution in [2.45, 2.75) is 13.5 Å². The molecule has 0 aliphatic heterocycles. The smallest absolute Gasteiger partial charge is 0.107 e. The van der Waals surface area contributed by atoms with Gasteiger partial charge in [0.25, 0.3) is 0 Å². The molecule has 0 atom stereocenters. The Morgan fingerprint density at radius 1 is 1.43 bits per heavy atom. The molecule has 0 saturated heterocycles. The minimum absolute atomic E-state index is 0.402. The Morgan fingerprint density at radius 3 is 2.71 bits per heavy atom. The largest absolute Gasteiger partial charge is 0.325 e. The lowest BCUT2D eigenvalue weighted by Gasteiger charge is -1.94. The normalized spacial score (nSPS) is 10.8. The van der Waals surface area contributed by atoms with Crippen LogP contribution in [0.3, 0.4) is 0 Å². The van der Waals surface area contributed by atoms with E-state index in [1.807, 2.05) is 26.4 Å². The molecule has 0 aliphatic carbocycles. The van der Waals surface area contributed by atoms with Gasteiger partial charge in [-0.1, -0.05) is 5.21 Å². The first kappa shape index (κ1) is 8.89. The Bertz CT molecular complexity index is 440. The number of nitrogens with zero attached hydrogens (tertiary/aromatic N) is 5. The number of rotatable bonds is 2. The zero-order chi connectivity index (χ0) is 10.1. The second-order valence-electron chi connectivity index (χ2n) is 3.13. The van der Waals surface area contributed by atoms with Gasteiger partial charge in [-0.2, -0.15) is 5.10 Å². The van der Waals surface area contributed by atoms with Crippen molar-refractivity contribution in [2.75, 3.05) is 0 Å². The first-order valence-corrected chi connectivity index (χ1v) is 4.32. The molecular weight excluding hydrogens is 180 g/mol. The minimum atomic E-state index is 0.402. The van der Waals surface area contributed by atoms with Crippen LogP contribution in [0.4, 0.5) is 0 Å². The summed E-state index contributed by atoms with van der Waals surface area (Å²) in [6.45, 7) is 2.33. The van der Waals surface area contributed by atoms with Gasteiger partial charge < -0.3 is 5.73 Å². The SMILES string of the molecule is Cc1nn(C)cc1-n1cc(CN)nn1. The molecule has 6 heteroatoms. The van der Waals surface area contributed by atoms with Crippen LogP contribution in [0.25, 0.3) is 5.69 Å². The maximum atomic E-state index is 5.45. The van der Waals surface area contributed by atoms with E-state index in [1.54, 1.807) is 9.36 Å². The van der Waals surface area contributed by atoms with Crippen LogP contribution in [0.1, 0.15) is 11.4 Å². The fourth-order valence-electron chi connectivity index (χ4n) is 1.32. The molecule has 0 radical (unpaired) electrons. The molecule has 0 fully saturated rings. The summed E-state index contributed by atoms with van der Waals surface area (Å²) in [6.07, 6.45) is 3.70. The van der Waals surface area contributed by atoms with E-state index in [2.05, 4.69) is 15.4 Å². The molecule has 0 saturated carbocycles. The van der Waals surface area contributed by atoms with Crippen LogP contribution in [-0.2, 0) is 13.6 Å². The van der Waals surface area contributed by atoms with Crippen molar-refractivity contribution in [1.29, 1.82) is 0 Å². The minimum Gasteiger partial charge on any atom is -0.325 e. The summed E-state index contributed by atoms with van der Waals surface area (Å²) < 4.78 is 3.43. The lowest BCUT2D eigenvalue weighted by molar-refractivity contribution is 0.755. The van der Waals surface area contributed by atoms with Crippen LogP contribution in [0.15, 0.2) is 12.4 Å². The summed E-state index contributed by atoms with van der Waals surface area (Å²) in [5.41, 5.74) is 8.07. The van der Waals surface area contributed by atoms with E-state index in [-0.39, 0.29) is 0 Å². The number of hydrogen-bond donors (Lipinski definition) is 1. The van der Waals surface area contributed by atoms with Crippen molar-refractivity contribution in [3.05, 3.63) is 23.8 Å². The second kappa shape index (κ2) is 3.22. The van der Waals surface area contributed by atoms with Crippen LogP contribution in [0, 0.1) is 6.92 Å². The van der Waals surface area contributed by atoms with Gasteiger partial charge >= 0.3 is 0 Å².